The van der Waals surface area contributed by atoms with Gasteiger partial charge in [-0.2, -0.15) is 0 Å². The van der Waals surface area contributed by atoms with Crippen LogP contribution in [0.25, 0.3) is 0 Å². The summed E-state index contributed by atoms with van der Waals surface area (Å²) >= 11 is 9.16. The van der Waals surface area contributed by atoms with Crippen LogP contribution >= 0.6 is 27.5 Å². The number of benzene rings is 1. The molecule has 17 heavy (non-hydrogen) atoms. The first-order valence-corrected chi connectivity index (χ1v) is 7.04. The van der Waals surface area contributed by atoms with E-state index in [0.717, 1.165) is 23.0 Å². The molecule has 0 saturated heterocycles. The number of aryl methyl sites for hydroxylation is 1. The van der Waals surface area contributed by atoms with Crippen molar-refractivity contribution in [2.75, 3.05) is 19.0 Å². The fourth-order valence-electron chi connectivity index (χ4n) is 1.60. The SMILES string of the molecule is CCCN(CCCl)C(=O)c1ccc(C)c(Br)c1. The standard InChI is InChI=1S/C13H17BrClNO/c1-3-7-16(8-6-15)13(17)11-5-4-10(2)12(14)9-11/h4-5,9H,3,6-8H2,1-2H3. The molecule has 0 N–H and O–H groups in total. The van der Waals surface area contributed by atoms with Crippen molar-refractivity contribution in [3.05, 3.63) is 33.8 Å². The predicted octanol–water partition coefficient (Wildman–Crippen LogP) is 3.85. The maximum Gasteiger partial charge on any atom is 0.253 e. The van der Waals surface area contributed by atoms with Gasteiger partial charge in [-0.25, -0.2) is 0 Å². The van der Waals surface area contributed by atoms with E-state index in [9.17, 15) is 4.79 Å². The van der Waals surface area contributed by atoms with Crippen molar-refractivity contribution >= 4 is 33.4 Å². The van der Waals surface area contributed by atoms with Crippen LogP contribution in [0, 0.1) is 6.92 Å². The van der Waals surface area contributed by atoms with Gasteiger partial charge in [0.15, 0.2) is 0 Å². The van der Waals surface area contributed by atoms with Crippen molar-refractivity contribution in [3.8, 4) is 0 Å². The first kappa shape index (κ1) is 14.5. The minimum atomic E-state index is 0.0493. The number of hydrogen-bond acceptors (Lipinski definition) is 1. The number of nitrogens with zero attached hydrogens (tertiary/aromatic N) is 1. The Bertz CT molecular complexity index is 389. The Kier molecular flexibility index (Phi) is 6.00. The molecular formula is C13H17BrClNO. The summed E-state index contributed by atoms with van der Waals surface area (Å²) in [5.74, 6) is 0.520. The van der Waals surface area contributed by atoms with Gasteiger partial charge in [-0.15, -0.1) is 11.6 Å². The molecule has 1 aromatic rings. The first-order valence-electron chi connectivity index (χ1n) is 5.71. The molecule has 0 aliphatic heterocycles. The summed E-state index contributed by atoms with van der Waals surface area (Å²) in [7, 11) is 0. The number of amides is 1. The Labute approximate surface area is 116 Å². The molecule has 0 radical (unpaired) electrons. The summed E-state index contributed by atoms with van der Waals surface area (Å²) < 4.78 is 0.964. The zero-order valence-corrected chi connectivity index (χ0v) is 12.5. The van der Waals surface area contributed by atoms with Crippen LogP contribution in [0.4, 0.5) is 0 Å². The van der Waals surface area contributed by atoms with Gasteiger partial charge >= 0.3 is 0 Å². The second kappa shape index (κ2) is 7.02. The molecule has 0 aromatic heterocycles. The molecular weight excluding hydrogens is 302 g/mol. The van der Waals surface area contributed by atoms with Gasteiger partial charge in [0.25, 0.3) is 5.91 Å². The third kappa shape index (κ3) is 4.00. The van der Waals surface area contributed by atoms with Gasteiger partial charge in [-0.1, -0.05) is 28.9 Å². The molecule has 0 atom stereocenters. The molecule has 1 aromatic carbocycles. The van der Waals surface area contributed by atoms with Crippen molar-refractivity contribution in [2.24, 2.45) is 0 Å². The number of carbonyl (C=O) groups excluding carboxylic acids is 1. The van der Waals surface area contributed by atoms with E-state index in [2.05, 4.69) is 22.9 Å². The molecule has 0 unspecified atom stereocenters. The topological polar surface area (TPSA) is 20.3 Å². The molecule has 1 rings (SSSR count). The average molecular weight is 319 g/mol. The van der Waals surface area contributed by atoms with Crippen molar-refractivity contribution in [3.63, 3.8) is 0 Å². The summed E-state index contributed by atoms with van der Waals surface area (Å²) in [6, 6.07) is 5.68. The number of carbonyl (C=O) groups is 1. The zero-order valence-electron chi connectivity index (χ0n) is 10.2. The highest BCUT2D eigenvalue weighted by Gasteiger charge is 2.14. The van der Waals surface area contributed by atoms with E-state index < -0.39 is 0 Å². The Morgan fingerprint density at radius 3 is 2.65 bits per heavy atom. The van der Waals surface area contributed by atoms with E-state index in [1.807, 2.05) is 25.1 Å². The fourth-order valence-corrected chi connectivity index (χ4v) is 2.18. The molecule has 94 valence electrons. The minimum Gasteiger partial charge on any atom is -0.337 e. The average Bonchev–Trinajstić information content (AvgIpc) is 2.31. The Balaban J connectivity index is 2.88. The van der Waals surface area contributed by atoms with Crippen molar-refractivity contribution in [2.45, 2.75) is 20.3 Å². The van der Waals surface area contributed by atoms with E-state index in [0.29, 0.717) is 18.0 Å². The van der Waals surface area contributed by atoms with Gasteiger partial charge in [0.2, 0.25) is 0 Å². The highest BCUT2D eigenvalue weighted by molar-refractivity contribution is 9.10. The van der Waals surface area contributed by atoms with Gasteiger partial charge in [0.05, 0.1) is 0 Å². The Morgan fingerprint density at radius 1 is 1.41 bits per heavy atom. The summed E-state index contributed by atoms with van der Waals surface area (Å²) in [4.78, 5) is 14.0. The van der Waals surface area contributed by atoms with Crippen molar-refractivity contribution in [1.82, 2.24) is 4.90 Å². The monoisotopic (exact) mass is 317 g/mol. The molecule has 1 amide bonds. The van der Waals surface area contributed by atoms with Crippen molar-refractivity contribution < 1.29 is 4.79 Å². The minimum absolute atomic E-state index is 0.0493. The third-order valence-electron chi connectivity index (χ3n) is 2.55. The third-order valence-corrected chi connectivity index (χ3v) is 3.58. The molecule has 0 aliphatic rings. The van der Waals surface area contributed by atoms with E-state index in [4.69, 9.17) is 11.6 Å². The smallest absolute Gasteiger partial charge is 0.253 e. The lowest BCUT2D eigenvalue weighted by Crippen LogP contribution is -2.33. The zero-order chi connectivity index (χ0) is 12.8. The van der Waals surface area contributed by atoms with Crippen LogP contribution in [0.5, 0.6) is 0 Å². The highest BCUT2D eigenvalue weighted by atomic mass is 79.9. The highest BCUT2D eigenvalue weighted by Crippen LogP contribution is 2.18. The van der Waals surface area contributed by atoms with Gasteiger partial charge in [-0.3, -0.25) is 4.79 Å². The predicted molar refractivity (Wildman–Crippen MR) is 75.8 cm³/mol. The van der Waals surface area contributed by atoms with Crippen LogP contribution in [-0.2, 0) is 0 Å². The largest absolute Gasteiger partial charge is 0.337 e. The van der Waals surface area contributed by atoms with Gasteiger partial charge < -0.3 is 4.90 Å². The molecule has 0 aliphatic carbocycles. The maximum absolute atomic E-state index is 12.2. The van der Waals surface area contributed by atoms with Crippen LogP contribution in [0.2, 0.25) is 0 Å². The summed E-state index contributed by atoms with van der Waals surface area (Å²) in [5, 5.41) is 0. The molecule has 0 spiro atoms. The van der Waals surface area contributed by atoms with Gasteiger partial charge in [0.1, 0.15) is 0 Å². The van der Waals surface area contributed by atoms with Gasteiger partial charge in [0, 0.05) is 29.0 Å². The summed E-state index contributed by atoms with van der Waals surface area (Å²) in [6.07, 6.45) is 0.940. The van der Waals surface area contributed by atoms with Crippen LogP contribution in [0.1, 0.15) is 29.3 Å². The van der Waals surface area contributed by atoms with Crippen LogP contribution in [0.15, 0.2) is 22.7 Å². The number of rotatable bonds is 5. The van der Waals surface area contributed by atoms with E-state index in [1.54, 1.807) is 4.90 Å². The molecule has 0 fully saturated rings. The lowest BCUT2D eigenvalue weighted by molar-refractivity contribution is 0.0765. The second-order valence-corrected chi connectivity index (χ2v) is 5.18. The quantitative estimate of drug-likeness (QED) is 0.755. The maximum atomic E-state index is 12.2. The summed E-state index contributed by atoms with van der Waals surface area (Å²) in [6.45, 7) is 5.40. The van der Waals surface area contributed by atoms with Crippen molar-refractivity contribution in [1.29, 1.82) is 0 Å². The molecule has 0 heterocycles. The van der Waals surface area contributed by atoms with Crippen LogP contribution in [0.3, 0.4) is 0 Å². The van der Waals surface area contributed by atoms with Crippen LogP contribution in [-0.4, -0.2) is 29.8 Å². The number of hydrogen-bond donors (Lipinski definition) is 0. The fraction of sp³-hybridized carbons (Fsp3) is 0.462. The molecule has 0 bridgehead atoms. The molecule has 4 heteroatoms. The summed E-state index contributed by atoms with van der Waals surface area (Å²) in [5.41, 5.74) is 1.84. The first-order chi connectivity index (χ1) is 8.10. The molecule has 2 nitrogen and oxygen atoms in total. The lowest BCUT2D eigenvalue weighted by Gasteiger charge is -2.21. The second-order valence-electron chi connectivity index (χ2n) is 3.95. The molecule has 0 saturated carbocycles. The van der Waals surface area contributed by atoms with Crippen LogP contribution < -0.4 is 0 Å². The van der Waals surface area contributed by atoms with E-state index in [1.165, 1.54) is 0 Å². The Hall–Kier alpha value is -0.540. The van der Waals surface area contributed by atoms with E-state index in [-0.39, 0.29) is 5.91 Å². The lowest BCUT2D eigenvalue weighted by atomic mass is 10.1. The normalized spacial score (nSPS) is 10.4. The Morgan fingerprint density at radius 2 is 2.12 bits per heavy atom. The van der Waals surface area contributed by atoms with E-state index >= 15 is 0 Å². The number of alkyl halides is 1. The van der Waals surface area contributed by atoms with Gasteiger partial charge in [-0.05, 0) is 31.0 Å². The number of halogens is 2.